The molecule has 0 aliphatic carbocycles. The summed E-state index contributed by atoms with van der Waals surface area (Å²) < 4.78 is 41.8. The van der Waals surface area contributed by atoms with E-state index in [1.807, 2.05) is 0 Å². The molecular weight excluding hydrogens is 345 g/mol. The summed E-state index contributed by atoms with van der Waals surface area (Å²) in [4.78, 5) is 35.5. The van der Waals surface area contributed by atoms with Crippen molar-refractivity contribution in [1.29, 1.82) is 0 Å². The molecule has 0 radical (unpaired) electrons. The van der Waals surface area contributed by atoms with Gasteiger partial charge in [-0.15, -0.1) is 0 Å². The maximum absolute atomic E-state index is 12.4. The number of aromatic nitrogens is 1. The minimum Gasteiger partial charge on any atom is -0.360 e. The zero-order valence-electron chi connectivity index (χ0n) is 13.4. The van der Waals surface area contributed by atoms with Crippen LogP contribution in [0.5, 0.6) is 0 Å². The molecule has 8 nitrogen and oxygen atoms in total. The van der Waals surface area contributed by atoms with E-state index < -0.39 is 29.8 Å². The smallest absolute Gasteiger partial charge is 0.360 e. The first kappa shape index (κ1) is 18.7. The number of carbonyl (C=O) groups is 3. The molecule has 1 saturated heterocycles. The molecular formula is C14H17F3N4O4. The van der Waals surface area contributed by atoms with E-state index in [0.29, 0.717) is 10.7 Å². The molecule has 1 aromatic rings. The van der Waals surface area contributed by atoms with Crippen molar-refractivity contribution in [2.75, 3.05) is 25.0 Å². The predicted molar refractivity (Wildman–Crippen MR) is 78.2 cm³/mol. The van der Waals surface area contributed by atoms with E-state index in [2.05, 4.69) is 15.8 Å². The van der Waals surface area contributed by atoms with Gasteiger partial charge in [0.05, 0.1) is 6.54 Å². The Labute approximate surface area is 140 Å². The fraction of sp³-hybridized carbons (Fsp3) is 0.571. The van der Waals surface area contributed by atoms with E-state index in [1.54, 1.807) is 6.92 Å². The van der Waals surface area contributed by atoms with Crippen molar-refractivity contribution in [3.05, 3.63) is 11.8 Å². The Morgan fingerprint density at radius 1 is 1.32 bits per heavy atom. The maximum atomic E-state index is 12.4. The van der Waals surface area contributed by atoms with Crippen molar-refractivity contribution >= 4 is 23.5 Å². The average Bonchev–Trinajstić information content (AvgIpc) is 2.96. The van der Waals surface area contributed by atoms with E-state index in [4.69, 9.17) is 4.52 Å². The van der Waals surface area contributed by atoms with Gasteiger partial charge < -0.3 is 20.1 Å². The molecule has 2 rings (SSSR count). The number of piperidine rings is 1. The van der Waals surface area contributed by atoms with Gasteiger partial charge in [0.2, 0.25) is 11.8 Å². The Morgan fingerprint density at radius 2 is 1.96 bits per heavy atom. The SMILES string of the molecule is Cc1cc(NC(=O)CNC(=O)C2CCN(C(=O)C(F)(F)F)CC2)no1. The van der Waals surface area contributed by atoms with Crippen LogP contribution in [-0.4, -0.2) is 53.6 Å². The number of hydrogen-bond acceptors (Lipinski definition) is 5. The van der Waals surface area contributed by atoms with Crippen LogP contribution in [-0.2, 0) is 14.4 Å². The van der Waals surface area contributed by atoms with Crippen LogP contribution in [0.2, 0.25) is 0 Å². The minimum atomic E-state index is -4.91. The van der Waals surface area contributed by atoms with Gasteiger partial charge in [-0.05, 0) is 19.8 Å². The standard InChI is InChI=1S/C14H17F3N4O4/c1-8-6-10(20-25-8)19-11(22)7-18-12(23)9-2-4-21(5-3-9)13(24)14(15,16)17/h6,9H,2-5,7H2,1H3,(H,18,23)(H,19,20,22). The number of nitrogens with zero attached hydrogens (tertiary/aromatic N) is 2. The topological polar surface area (TPSA) is 105 Å². The van der Waals surface area contributed by atoms with Crippen molar-refractivity contribution in [2.45, 2.75) is 25.9 Å². The van der Waals surface area contributed by atoms with Gasteiger partial charge in [-0.25, -0.2) is 0 Å². The lowest BCUT2D eigenvalue weighted by molar-refractivity contribution is -0.186. The highest BCUT2D eigenvalue weighted by Crippen LogP contribution is 2.23. The second-order valence-electron chi connectivity index (χ2n) is 5.65. The molecule has 1 fully saturated rings. The van der Waals surface area contributed by atoms with E-state index in [1.165, 1.54) is 6.07 Å². The monoisotopic (exact) mass is 362 g/mol. The zero-order valence-corrected chi connectivity index (χ0v) is 13.4. The number of likely N-dealkylation sites (tertiary alicyclic amines) is 1. The van der Waals surface area contributed by atoms with Gasteiger partial charge in [0.1, 0.15) is 5.76 Å². The number of halogens is 3. The molecule has 138 valence electrons. The van der Waals surface area contributed by atoms with Gasteiger partial charge in [-0.3, -0.25) is 14.4 Å². The van der Waals surface area contributed by atoms with Crippen LogP contribution in [0.1, 0.15) is 18.6 Å². The number of nitrogens with one attached hydrogen (secondary N) is 2. The number of carbonyl (C=O) groups excluding carboxylic acids is 3. The highest BCUT2D eigenvalue weighted by atomic mass is 19.4. The molecule has 3 amide bonds. The Kier molecular flexibility index (Phi) is 5.65. The highest BCUT2D eigenvalue weighted by molar-refractivity contribution is 5.94. The number of alkyl halides is 3. The first-order valence-electron chi connectivity index (χ1n) is 7.54. The Hall–Kier alpha value is -2.59. The van der Waals surface area contributed by atoms with Crippen LogP contribution in [0, 0.1) is 12.8 Å². The molecule has 25 heavy (non-hydrogen) atoms. The second kappa shape index (κ2) is 7.53. The van der Waals surface area contributed by atoms with Gasteiger partial charge in [0.25, 0.3) is 0 Å². The lowest BCUT2D eigenvalue weighted by atomic mass is 9.96. The summed E-state index contributed by atoms with van der Waals surface area (Å²) in [6, 6.07) is 1.51. The van der Waals surface area contributed by atoms with Crippen molar-refractivity contribution in [3.63, 3.8) is 0 Å². The highest BCUT2D eigenvalue weighted by Gasteiger charge is 2.43. The molecule has 0 atom stereocenters. The number of amides is 3. The summed E-state index contributed by atoms with van der Waals surface area (Å²) in [5, 5.41) is 8.41. The molecule has 2 heterocycles. The number of hydrogen-bond donors (Lipinski definition) is 2. The third kappa shape index (κ3) is 5.19. The summed E-state index contributed by atoms with van der Waals surface area (Å²) in [5.74, 6) is -2.65. The summed E-state index contributed by atoms with van der Waals surface area (Å²) in [6.07, 6.45) is -4.69. The molecule has 2 N–H and O–H groups in total. The maximum Gasteiger partial charge on any atom is 0.471 e. The van der Waals surface area contributed by atoms with Crippen LogP contribution in [0.3, 0.4) is 0 Å². The van der Waals surface area contributed by atoms with Gasteiger partial charge >= 0.3 is 12.1 Å². The number of anilines is 1. The molecule has 11 heteroatoms. The van der Waals surface area contributed by atoms with Gasteiger partial charge in [-0.2, -0.15) is 13.2 Å². The lowest BCUT2D eigenvalue weighted by Crippen LogP contribution is -2.48. The van der Waals surface area contributed by atoms with Gasteiger partial charge in [-0.1, -0.05) is 5.16 Å². The van der Waals surface area contributed by atoms with E-state index in [-0.39, 0.29) is 38.3 Å². The van der Waals surface area contributed by atoms with Crippen LogP contribution in [0.15, 0.2) is 10.6 Å². The van der Waals surface area contributed by atoms with Crippen molar-refractivity contribution in [2.24, 2.45) is 5.92 Å². The molecule has 1 aliphatic rings. The average molecular weight is 362 g/mol. The van der Waals surface area contributed by atoms with Crippen LogP contribution >= 0.6 is 0 Å². The fourth-order valence-corrected chi connectivity index (χ4v) is 2.45. The van der Waals surface area contributed by atoms with Gasteiger partial charge in [0, 0.05) is 25.1 Å². The summed E-state index contributed by atoms with van der Waals surface area (Å²) in [6.45, 7) is 1.05. The van der Waals surface area contributed by atoms with E-state index in [9.17, 15) is 27.6 Å². The number of rotatable bonds is 4. The molecule has 0 spiro atoms. The second-order valence-corrected chi connectivity index (χ2v) is 5.65. The summed E-state index contributed by atoms with van der Waals surface area (Å²) in [5.41, 5.74) is 0. The Morgan fingerprint density at radius 3 is 2.48 bits per heavy atom. The first-order chi connectivity index (χ1) is 11.7. The lowest BCUT2D eigenvalue weighted by Gasteiger charge is -2.31. The largest absolute Gasteiger partial charge is 0.471 e. The molecule has 1 aliphatic heterocycles. The molecule has 0 saturated carbocycles. The Balaban J connectivity index is 1.73. The summed E-state index contributed by atoms with van der Waals surface area (Å²) in [7, 11) is 0. The molecule has 1 aromatic heterocycles. The van der Waals surface area contributed by atoms with Crippen LogP contribution < -0.4 is 10.6 Å². The van der Waals surface area contributed by atoms with Crippen LogP contribution in [0.4, 0.5) is 19.0 Å². The molecule has 0 unspecified atom stereocenters. The quantitative estimate of drug-likeness (QED) is 0.826. The van der Waals surface area contributed by atoms with E-state index >= 15 is 0 Å². The normalized spacial score (nSPS) is 15.8. The van der Waals surface area contributed by atoms with Crippen molar-refractivity contribution < 1.29 is 32.1 Å². The molecule has 0 bridgehead atoms. The van der Waals surface area contributed by atoms with Crippen molar-refractivity contribution in [3.8, 4) is 0 Å². The van der Waals surface area contributed by atoms with Crippen molar-refractivity contribution in [1.82, 2.24) is 15.4 Å². The van der Waals surface area contributed by atoms with Gasteiger partial charge in [0.15, 0.2) is 5.82 Å². The third-order valence-electron chi connectivity index (χ3n) is 3.71. The fourth-order valence-electron chi connectivity index (χ4n) is 2.45. The number of aryl methyl sites for hydroxylation is 1. The summed E-state index contributed by atoms with van der Waals surface area (Å²) >= 11 is 0. The van der Waals surface area contributed by atoms with Crippen LogP contribution in [0.25, 0.3) is 0 Å². The third-order valence-corrected chi connectivity index (χ3v) is 3.71. The predicted octanol–water partition coefficient (Wildman–Crippen LogP) is 0.839. The zero-order chi connectivity index (χ0) is 18.6. The Bertz CT molecular complexity index is 651. The first-order valence-corrected chi connectivity index (χ1v) is 7.54. The van der Waals surface area contributed by atoms with E-state index in [0.717, 1.165) is 0 Å². The minimum absolute atomic E-state index is 0.109. The molecule has 0 aromatic carbocycles.